The highest BCUT2D eigenvalue weighted by molar-refractivity contribution is 6.73. The van der Waals surface area contributed by atoms with Crippen molar-refractivity contribution in [1.82, 2.24) is 0 Å². The highest BCUT2D eigenvalue weighted by Gasteiger charge is 2.32. The largest absolute Gasteiger partial charge is 0.413 e. The Hall–Kier alpha value is -0.313. The van der Waals surface area contributed by atoms with Crippen molar-refractivity contribution >= 4 is 19.9 Å². The van der Waals surface area contributed by atoms with Crippen LogP contribution in [0.25, 0.3) is 0 Å². The first kappa shape index (κ1) is 11.2. The van der Waals surface area contributed by atoms with E-state index in [4.69, 9.17) is 16.0 Å². The van der Waals surface area contributed by atoms with Crippen molar-refractivity contribution in [1.29, 1.82) is 0 Å². The molecule has 1 aromatic rings. The van der Waals surface area contributed by atoms with E-state index < -0.39 is 8.32 Å². The second-order valence-electron chi connectivity index (χ2n) is 4.57. The first-order chi connectivity index (χ1) is 7.18. The van der Waals surface area contributed by atoms with Crippen molar-refractivity contribution in [2.75, 3.05) is 0 Å². The highest BCUT2D eigenvalue weighted by atomic mass is 35.5. The van der Waals surface area contributed by atoms with Gasteiger partial charge in [-0.15, -0.1) is 0 Å². The van der Waals surface area contributed by atoms with Gasteiger partial charge in [0.05, 0.1) is 6.61 Å². The maximum absolute atomic E-state index is 6.11. The zero-order chi connectivity index (χ0) is 10.7. The molecule has 0 unspecified atom stereocenters. The highest BCUT2D eigenvalue weighted by Crippen LogP contribution is 2.31. The van der Waals surface area contributed by atoms with Gasteiger partial charge in [-0.25, -0.2) is 0 Å². The zero-order valence-corrected chi connectivity index (χ0v) is 10.9. The summed E-state index contributed by atoms with van der Waals surface area (Å²) >= 11 is 5.83. The molecule has 1 aliphatic heterocycles. The van der Waals surface area contributed by atoms with Crippen LogP contribution in [0.2, 0.25) is 23.7 Å². The summed E-state index contributed by atoms with van der Waals surface area (Å²) in [6.07, 6.45) is 2.73. The van der Waals surface area contributed by atoms with Crippen LogP contribution in [0.4, 0.5) is 0 Å². The molecule has 1 aromatic carbocycles. The van der Waals surface area contributed by atoms with Crippen LogP contribution in [0.5, 0.6) is 0 Å². The molecule has 0 aromatic heterocycles. The molecule has 0 N–H and O–H groups in total. The quantitative estimate of drug-likeness (QED) is 0.719. The van der Waals surface area contributed by atoms with Crippen molar-refractivity contribution in [2.24, 2.45) is 0 Å². The number of hydrogen-bond acceptors (Lipinski definition) is 1. The third-order valence-corrected chi connectivity index (χ3v) is 7.08. The molecule has 3 heteroatoms. The maximum atomic E-state index is 6.11. The lowest BCUT2D eigenvalue weighted by atomic mass is 10.2. The lowest BCUT2D eigenvalue weighted by Crippen LogP contribution is -2.29. The van der Waals surface area contributed by atoms with Gasteiger partial charge in [0.15, 0.2) is 8.32 Å². The topological polar surface area (TPSA) is 9.23 Å². The van der Waals surface area contributed by atoms with Gasteiger partial charge in [-0.05, 0) is 36.3 Å². The zero-order valence-electron chi connectivity index (χ0n) is 9.13. The number of halogens is 1. The molecule has 0 radical (unpaired) electrons. The summed E-state index contributed by atoms with van der Waals surface area (Å²) in [5.74, 6) is 0. The monoisotopic (exact) mass is 240 g/mol. The van der Waals surface area contributed by atoms with E-state index >= 15 is 0 Å². The fourth-order valence-electron chi connectivity index (χ4n) is 2.11. The normalized spacial score (nSPS) is 19.3. The van der Waals surface area contributed by atoms with Gasteiger partial charge in [-0.1, -0.05) is 36.6 Å². The fraction of sp³-hybridized carbons (Fsp3) is 0.500. The molecule has 0 atom stereocenters. The molecule has 2 rings (SSSR count). The average Bonchev–Trinajstić information content (AvgIpc) is 2.65. The van der Waals surface area contributed by atoms with Crippen LogP contribution in [0.1, 0.15) is 18.4 Å². The van der Waals surface area contributed by atoms with Crippen LogP contribution >= 0.6 is 11.6 Å². The lowest BCUT2D eigenvalue weighted by Gasteiger charge is -2.21. The number of hydrogen-bond donors (Lipinski definition) is 0. The standard InChI is InChI=1S/C12H17ClOSi/c1-15(8-2-3-9-15)14-10-11-4-6-12(13)7-5-11/h4-7H,2-3,8-10H2,1H3. The van der Waals surface area contributed by atoms with E-state index in [1.54, 1.807) is 0 Å². The lowest BCUT2D eigenvalue weighted by molar-refractivity contribution is 0.294. The van der Waals surface area contributed by atoms with Crippen molar-refractivity contribution in [3.05, 3.63) is 34.9 Å². The molecule has 0 spiro atoms. The summed E-state index contributed by atoms with van der Waals surface area (Å²) in [6, 6.07) is 10.6. The fourth-order valence-corrected chi connectivity index (χ4v) is 5.28. The number of benzene rings is 1. The molecule has 1 nitrogen and oxygen atoms in total. The van der Waals surface area contributed by atoms with Crippen LogP contribution in [0.3, 0.4) is 0 Å². The smallest absolute Gasteiger partial charge is 0.190 e. The van der Waals surface area contributed by atoms with E-state index in [0.29, 0.717) is 0 Å². The molecule has 15 heavy (non-hydrogen) atoms. The van der Waals surface area contributed by atoms with Crippen molar-refractivity contribution in [3.63, 3.8) is 0 Å². The second-order valence-corrected chi connectivity index (χ2v) is 9.20. The Morgan fingerprint density at radius 3 is 2.40 bits per heavy atom. The van der Waals surface area contributed by atoms with Gasteiger partial charge in [0.25, 0.3) is 0 Å². The molecular formula is C12H17ClOSi. The van der Waals surface area contributed by atoms with Crippen molar-refractivity contribution in [2.45, 2.75) is 38.1 Å². The first-order valence-electron chi connectivity index (χ1n) is 5.56. The molecule has 0 amide bonds. The average molecular weight is 241 g/mol. The summed E-state index contributed by atoms with van der Waals surface area (Å²) < 4.78 is 6.11. The minimum Gasteiger partial charge on any atom is -0.413 e. The van der Waals surface area contributed by atoms with Gasteiger partial charge in [-0.3, -0.25) is 0 Å². The van der Waals surface area contributed by atoms with Crippen LogP contribution in [0.15, 0.2) is 24.3 Å². The Morgan fingerprint density at radius 1 is 1.20 bits per heavy atom. The van der Waals surface area contributed by atoms with Crippen LogP contribution in [0, 0.1) is 0 Å². The Kier molecular flexibility index (Phi) is 3.49. The Labute approximate surface area is 97.5 Å². The first-order valence-corrected chi connectivity index (χ1v) is 8.76. The third-order valence-electron chi connectivity index (χ3n) is 3.16. The molecule has 0 aliphatic carbocycles. The van der Waals surface area contributed by atoms with Gasteiger partial charge >= 0.3 is 0 Å². The van der Waals surface area contributed by atoms with E-state index in [-0.39, 0.29) is 0 Å². The summed E-state index contributed by atoms with van der Waals surface area (Å²) in [7, 11) is -1.32. The summed E-state index contributed by atoms with van der Waals surface area (Å²) in [5.41, 5.74) is 1.24. The predicted octanol–water partition coefficient (Wildman–Crippen LogP) is 4.23. The minimum absolute atomic E-state index is 0.764. The van der Waals surface area contributed by atoms with Gasteiger partial charge in [0.1, 0.15) is 0 Å². The second kappa shape index (κ2) is 4.68. The van der Waals surface area contributed by atoms with Gasteiger partial charge in [0, 0.05) is 5.02 Å². The maximum Gasteiger partial charge on any atom is 0.190 e. The molecule has 0 saturated carbocycles. The number of rotatable bonds is 3. The Balaban J connectivity index is 1.90. The molecule has 1 aliphatic rings. The summed E-state index contributed by atoms with van der Waals surface area (Å²) in [6.45, 7) is 3.12. The van der Waals surface area contributed by atoms with Crippen LogP contribution < -0.4 is 0 Å². The Morgan fingerprint density at radius 2 is 1.80 bits per heavy atom. The van der Waals surface area contributed by atoms with Crippen molar-refractivity contribution < 1.29 is 4.43 Å². The minimum atomic E-state index is -1.32. The summed E-state index contributed by atoms with van der Waals surface area (Å²) in [4.78, 5) is 0. The van der Waals surface area contributed by atoms with Crippen molar-refractivity contribution in [3.8, 4) is 0 Å². The van der Waals surface area contributed by atoms with Crippen LogP contribution in [-0.2, 0) is 11.0 Å². The van der Waals surface area contributed by atoms with E-state index in [0.717, 1.165) is 11.6 Å². The SMILES string of the molecule is C[Si]1(OCc2ccc(Cl)cc2)CCCC1. The van der Waals surface area contributed by atoms with Gasteiger partial charge in [-0.2, -0.15) is 0 Å². The summed E-state index contributed by atoms with van der Waals surface area (Å²) in [5, 5.41) is 0.795. The molecular weight excluding hydrogens is 224 g/mol. The molecule has 0 bridgehead atoms. The van der Waals surface area contributed by atoms with E-state index in [9.17, 15) is 0 Å². The molecule has 82 valence electrons. The molecule has 1 saturated heterocycles. The van der Waals surface area contributed by atoms with Gasteiger partial charge in [0.2, 0.25) is 0 Å². The third kappa shape index (κ3) is 3.07. The molecule has 1 fully saturated rings. The van der Waals surface area contributed by atoms with E-state index in [1.807, 2.05) is 12.1 Å². The van der Waals surface area contributed by atoms with Gasteiger partial charge < -0.3 is 4.43 Å². The van der Waals surface area contributed by atoms with E-state index in [2.05, 4.69) is 18.7 Å². The Bertz CT molecular complexity index is 317. The van der Waals surface area contributed by atoms with Crippen LogP contribution in [-0.4, -0.2) is 8.32 Å². The predicted molar refractivity (Wildman–Crippen MR) is 66.7 cm³/mol. The molecule has 1 heterocycles. The van der Waals surface area contributed by atoms with E-state index in [1.165, 1.54) is 30.5 Å².